The lowest BCUT2D eigenvalue weighted by molar-refractivity contribution is -0.134. The summed E-state index contributed by atoms with van der Waals surface area (Å²) in [6.07, 6.45) is 1.59. The molecule has 4 rings (SSSR count). The zero-order valence-electron chi connectivity index (χ0n) is 17.5. The van der Waals surface area contributed by atoms with E-state index in [2.05, 4.69) is 0 Å². The third-order valence-corrected chi connectivity index (χ3v) is 5.16. The van der Waals surface area contributed by atoms with Gasteiger partial charge in [-0.1, -0.05) is 30.3 Å². The fraction of sp³-hybridized carbons (Fsp3) is 0.200. The van der Waals surface area contributed by atoms with Crippen molar-refractivity contribution in [1.29, 1.82) is 0 Å². The summed E-state index contributed by atoms with van der Waals surface area (Å²) in [6, 6.07) is 18.5. The van der Waals surface area contributed by atoms with E-state index in [1.54, 1.807) is 23.3 Å². The van der Waals surface area contributed by atoms with E-state index in [1.165, 1.54) is 6.07 Å². The second kappa shape index (κ2) is 8.92. The number of rotatable bonds is 7. The van der Waals surface area contributed by atoms with Crippen LogP contribution in [0.3, 0.4) is 0 Å². The molecule has 0 saturated carbocycles. The summed E-state index contributed by atoms with van der Waals surface area (Å²) in [5.74, 6) is 1.03. The van der Waals surface area contributed by atoms with Crippen molar-refractivity contribution in [2.24, 2.45) is 0 Å². The minimum atomic E-state index is -0.409. The Hall–Kier alpha value is -3.80. The SMILES string of the molecule is Cc1cc(=O)oc2c(C)c(OCC(=O)N(Cc3ccccc3)Cc3ccco3)ccc12. The summed E-state index contributed by atoms with van der Waals surface area (Å²) in [4.78, 5) is 26.5. The number of hydrogen-bond acceptors (Lipinski definition) is 5. The number of aryl methyl sites for hydroxylation is 2. The number of hydrogen-bond donors (Lipinski definition) is 0. The highest BCUT2D eigenvalue weighted by Gasteiger charge is 2.18. The third-order valence-electron chi connectivity index (χ3n) is 5.16. The Morgan fingerprint density at radius 1 is 1.00 bits per heavy atom. The largest absolute Gasteiger partial charge is 0.483 e. The Kier molecular flexibility index (Phi) is 5.89. The van der Waals surface area contributed by atoms with Gasteiger partial charge in [0.25, 0.3) is 5.91 Å². The number of carbonyl (C=O) groups is 1. The van der Waals surface area contributed by atoms with Crippen molar-refractivity contribution in [2.75, 3.05) is 6.61 Å². The first kappa shape index (κ1) is 20.5. The molecule has 0 radical (unpaired) electrons. The zero-order valence-corrected chi connectivity index (χ0v) is 17.5. The lowest BCUT2D eigenvalue weighted by Gasteiger charge is -2.22. The number of nitrogens with zero attached hydrogens (tertiary/aromatic N) is 1. The van der Waals surface area contributed by atoms with Gasteiger partial charge in [-0.3, -0.25) is 4.79 Å². The second-order valence-corrected chi connectivity index (χ2v) is 7.42. The third kappa shape index (κ3) is 4.69. The predicted molar refractivity (Wildman–Crippen MR) is 117 cm³/mol. The predicted octanol–water partition coefficient (Wildman–Crippen LogP) is 4.61. The molecule has 0 fully saturated rings. The van der Waals surface area contributed by atoms with Crippen LogP contribution in [0, 0.1) is 13.8 Å². The Balaban J connectivity index is 1.53. The van der Waals surface area contributed by atoms with Gasteiger partial charge in [-0.25, -0.2) is 4.79 Å². The maximum atomic E-state index is 13.0. The van der Waals surface area contributed by atoms with Crippen molar-refractivity contribution in [3.63, 3.8) is 0 Å². The molecule has 0 unspecified atom stereocenters. The molecule has 0 aliphatic carbocycles. The average molecular weight is 417 g/mol. The molecule has 1 amide bonds. The van der Waals surface area contributed by atoms with Crippen LogP contribution in [-0.4, -0.2) is 17.4 Å². The van der Waals surface area contributed by atoms with Crippen molar-refractivity contribution in [3.05, 3.63) is 99.8 Å². The van der Waals surface area contributed by atoms with E-state index in [1.807, 2.05) is 56.3 Å². The molecule has 0 aliphatic rings. The smallest absolute Gasteiger partial charge is 0.336 e. The van der Waals surface area contributed by atoms with Crippen molar-refractivity contribution in [3.8, 4) is 5.75 Å². The summed E-state index contributed by atoms with van der Waals surface area (Å²) in [5, 5.41) is 0.847. The summed E-state index contributed by atoms with van der Waals surface area (Å²) in [5.41, 5.74) is 2.61. The highest BCUT2D eigenvalue weighted by Crippen LogP contribution is 2.28. The number of fused-ring (bicyclic) bond motifs is 1. The van der Waals surface area contributed by atoms with Crippen LogP contribution in [0.5, 0.6) is 5.75 Å². The molecule has 2 aromatic heterocycles. The number of ether oxygens (including phenoxy) is 1. The molecule has 6 heteroatoms. The van der Waals surface area contributed by atoms with Crippen LogP contribution >= 0.6 is 0 Å². The summed E-state index contributed by atoms with van der Waals surface area (Å²) < 4.78 is 16.6. The van der Waals surface area contributed by atoms with Crippen LogP contribution in [-0.2, 0) is 17.9 Å². The quantitative estimate of drug-likeness (QED) is 0.411. The van der Waals surface area contributed by atoms with Crippen LogP contribution in [0.25, 0.3) is 11.0 Å². The molecule has 0 bridgehead atoms. The second-order valence-electron chi connectivity index (χ2n) is 7.42. The van der Waals surface area contributed by atoms with Crippen LogP contribution < -0.4 is 10.4 Å². The van der Waals surface area contributed by atoms with E-state index < -0.39 is 5.63 Å². The molecule has 0 atom stereocenters. The van der Waals surface area contributed by atoms with Crippen LogP contribution in [0.15, 0.2) is 80.6 Å². The number of amides is 1. The van der Waals surface area contributed by atoms with Gasteiger partial charge in [0.15, 0.2) is 6.61 Å². The molecule has 6 nitrogen and oxygen atoms in total. The Labute approximate surface area is 179 Å². The first-order valence-corrected chi connectivity index (χ1v) is 10.0. The van der Waals surface area contributed by atoms with Crippen molar-refractivity contribution >= 4 is 16.9 Å². The standard InChI is InChI=1S/C25H23NO5/c1-17-13-24(28)31-25-18(2)22(11-10-21(17)25)30-16-23(27)26(15-20-9-6-12-29-20)14-19-7-4-3-5-8-19/h3-13H,14-16H2,1-2H3. The molecule has 0 N–H and O–H groups in total. The maximum absolute atomic E-state index is 13.0. The normalized spacial score (nSPS) is 10.9. The number of benzene rings is 2. The summed E-state index contributed by atoms with van der Waals surface area (Å²) in [7, 11) is 0. The van der Waals surface area contributed by atoms with Gasteiger partial charge in [-0.2, -0.15) is 0 Å². The first-order chi connectivity index (χ1) is 15.0. The van der Waals surface area contributed by atoms with Gasteiger partial charge in [0.1, 0.15) is 17.1 Å². The van der Waals surface area contributed by atoms with E-state index in [9.17, 15) is 9.59 Å². The van der Waals surface area contributed by atoms with Crippen LogP contribution in [0.4, 0.5) is 0 Å². The van der Waals surface area contributed by atoms with E-state index in [0.717, 1.165) is 16.5 Å². The fourth-order valence-electron chi connectivity index (χ4n) is 3.51. The monoisotopic (exact) mass is 417 g/mol. The molecule has 31 heavy (non-hydrogen) atoms. The minimum Gasteiger partial charge on any atom is -0.483 e. The molecular formula is C25H23NO5. The van der Waals surface area contributed by atoms with Gasteiger partial charge in [0.05, 0.1) is 12.8 Å². The number of furan rings is 1. The van der Waals surface area contributed by atoms with Gasteiger partial charge in [-0.15, -0.1) is 0 Å². The topological polar surface area (TPSA) is 72.9 Å². The zero-order chi connectivity index (χ0) is 21.8. The maximum Gasteiger partial charge on any atom is 0.336 e. The number of carbonyl (C=O) groups excluding carboxylic acids is 1. The molecule has 2 heterocycles. The van der Waals surface area contributed by atoms with Crippen molar-refractivity contribution < 1.29 is 18.4 Å². The van der Waals surface area contributed by atoms with Crippen molar-refractivity contribution in [2.45, 2.75) is 26.9 Å². The van der Waals surface area contributed by atoms with Gasteiger partial charge in [-0.05, 0) is 49.2 Å². The molecule has 158 valence electrons. The first-order valence-electron chi connectivity index (χ1n) is 10.0. The van der Waals surface area contributed by atoms with E-state index in [0.29, 0.717) is 35.7 Å². The fourth-order valence-corrected chi connectivity index (χ4v) is 3.51. The summed E-state index contributed by atoms with van der Waals surface area (Å²) >= 11 is 0. The highest BCUT2D eigenvalue weighted by atomic mass is 16.5. The minimum absolute atomic E-state index is 0.143. The molecule has 4 aromatic rings. The molecular weight excluding hydrogens is 394 g/mol. The van der Waals surface area contributed by atoms with Gasteiger partial charge in [0.2, 0.25) is 0 Å². The van der Waals surface area contributed by atoms with E-state index in [4.69, 9.17) is 13.6 Å². The molecule has 2 aromatic carbocycles. The Morgan fingerprint density at radius 2 is 1.81 bits per heavy atom. The van der Waals surface area contributed by atoms with Crippen LogP contribution in [0.1, 0.15) is 22.5 Å². The Bertz CT molecular complexity index is 1240. The molecule has 0 aliphatic heterocycles. The van der Waals surface area contributed by atoms with Crippen molar-refractivity contribution in [1.82, 2.24) is 4.90 Å². The van der Waals surface area contributed by atoms with Crippen LogP contribution in [0.2, 0.25) is 0 Å². The highest BCUT2D eigenvalue weighted by molar-refractivity contribution is 5.85. The Morgan fingerprint density at radius 3 is 2.55 bits per heavy atom. The average Bonchev–Trinajstić information content (AvgIpc) is 3.27. The summed E-state index contributed by atoms with van der Waals surface area (Å²) in [6.45, 7) is 4.31. The van der Waals surface area contributed by atoms with Gasteiger partial charge >= 0.3 is 5.63 Å². The molecule has 0 spiro atoms. The van der Waals surface area contributed by atoms with Gasteiger partial charge < -0.3 is 18.5 Å². The molecule has 0 saturated heterocycles. The lowest BCUT2D eigenvalue weighted by Crippen LogP contribution is -2.34. The van der Waals surface area contributed by atoms with E-state index >= 15 is 0 Å². The van der Waals surface area contributed by atoms with Gasteiger partial charge in [0, 0.05) is 23.6 Å². The van der Waals surface area contributed by atoms with E-state index in [-0.39, 0.29) is 12.5 Å². The lowest BCUT2D eigenvalue weighted by atomic mass is 10.1.